The summed E-state index contributed by atoms with van der Waals surface area (Å²) in [6.07, 6.45) is 4.05. The summed E-state index contributed by atoms with van der Waals surface area (Å²) >= 11 is 1.59. The summed E-state index contributed by atoms with van der Waals surface area (Å²) in [5.41, 5.74) is 6.41. The van der Waals surface area contributed by atoms with Crippen LogP contribution < -0.4 is 11.1 Å². The summed E-state index contributed by atoms with van der Waals surface area (Å²) in [5.74, 6) is 0.828. The van der Waals surface area contributed by atoms with Gasteiger partial charge in [-0.3, -0.25) is 4.79 Å². The number of rotatable bonds is 3. The number of thiophene rings is 1. The van der Waals surface area contributed by atoms with E-state index in [0.717, 1.165) is 37.3 Å². The number of nitrogens with one attached hydrogen (secondary N) is 1. The molecule has 0 saturated heterocycles. The van der Waals surface area contributed by atoms with Crippen LogP contribution in [0.5, 0.6) is 0 Å². The molecule has 2 rings (SSSR count). The topological polar surface area (TPSA) is 55.1 Å². The van der Waals surface area contributed by atoms with E-state index in [1.807, 2.05) is 16.8 Å². The highest BCUT2D eigenvalue weighted by atomic mass is 32.1. The van der Waals surface area contributed by atoms with Crippen LogP contribution in [0.3, 0.4) is 0 Å². The normalized spacial score (nSPS) is 28.9. The van der Waals surface area contributed by atoms with Crippen molar-refractivity contribution in [2.24, 2.45) is 17.1 Å². The molecular weight excluding hydrogens is 232 g/mol. The molecule has 0 unspecified atom stereocenters. The molecule has 1 fully saturated rings. The Balaban J connectivity index is 2.05. The zero-order chi connectivity index (χ0) is 12.3. The molecule has 3 N–H and O–H groups in total. The van der Waals surface area contributed by atoms with Crippen molar-refractivity contribution >= 4 is 22.9 Å². The highest BCUT2D eigenvalue weighted by Gasteiger charge is 2.39. The zero-order valence-corrected chi connectivity index (χ0v) is 11.1. The van der Waals surface area contributed by atoms with Crippen LogP contribution in [0.25, 0.3) is 0 Å². The highest BCUT2D eigenvalue weighted by molar-refractivity contribution is 7.08. The maximum absolute atomic E-state index is 12.3. The molecule has 94 valence electrons. The van der Waals surface area contributed by atoms with Gasteiger partial charge in [0.25, 0.3) is 0 Å². The molecule has 17 heavy (non-hydrogen) atoms. The molecule has 0 bridgehead atoms. The van der Waals surface area contributed by atoms with Crippen LogP contribution in [0.1, 0.15) is 32.6 Å². The highest BCUT2D eigenvalue weighted by Crippen LogP contribution is 2.39. The monoisotopic (exact) mass is 252 g/mol. The lowest BCUT2D eigenvalue weighted by Crippen LogP contribution is -2.44. The lowest BCUT2D eigenvalue weighted by molar-refractivity contribution is -0.127. The molecule has 0 aromatic carbocycles. The third kappa shape index (κ3) is 2.69. The summed E-state index contributed by atoms with van der Waals surface area (Å²) in [7, 11) is 0. The number of carbonyl (C=O) groups is 1. The second kappa shape index (κ2) is 5.19. The Kier molecular flexibility index (Phi) is 3.84. The average Bonchev–Trinajstić information content (AvgIpc) is 2.83. The molecule has 1 saturated carbocycles. The minimum Gasteiger partial charge on any atom is -0.329 e. The first kappa shape index (κ1) is 12.6. The Morgan fingerprint density at radius 1 is 1.59 bits per heavy atom. The van der Waals surface area contributed by atoms with Crippen LogP contribution in [0.4, 0.5) is 5.69 Å². The summed E-state index contributed by atoms with van der Waals surface area (Å²) in [5, 5.41) is 6.91. The maximum atomic E-state index is 12.3. The summed E-state index contributed by atoms with van der Waals surface area (Å²) in [4.78, 5) is 12.3. The Morgan fingerprint density at radius 3 is 2.82 bits per heavy atom. The number of amides is 1. The third-order valence-electron chi connectivity index (χ3n) is 3.88. The maximum Gasteiger partial charge on any atom is 0.231 e. The molecule has 0 radical (unpaired) electrons. The fourth-order valence-electron chi connectivity index (χ4n) is 2.44. The first-order chi connectivity index (χ1) is 8.16. The van der Waals surface area contributed by atoms with Gasteiger partial charge in [0.1, 0.15) is 0 Å². The second-order valence-corrected chi connectivity index (χ2v) is 5.91. The van der Waals surface area contributed by atoms with E-state index in [0.29, 0.717) is 6.54 Å². The molecule has 1 aliphatic carbocycles. The minimum absolute atomic E-state index is 0.102. The number of anilines is 1. The predicted octanol–water partition coefficient (Wildman–Crippen LogP) is 2.84. The van der Waals surface area contributed by atoms with Crippen molar-refractivity contribution in [1.29, 1.82) is 0 Å². The van der Waals surface area contributed by atoms with Gasteiger partial charge < -0.3 is 11.1 Å². The van der Waals surface area contributed by atoms with Crippen LogP contribution in [-0.2, 0) is 4.79 Å². The molecule has 4 heteroatoms. The van der Waals surface area contributed by atoms with Gasteiger partial charge in [-0.25, -0.2) is 0 Å². The van der Waals surface area contributed by atoms with E-state index in [-0.39, 0.29) is 11.3 Å². The standard InChI is InChI=1S/C13H20N2OS/c1-10-2-5-13(9-14,6-3-10)12(16)15-11-4-7-17-8-11/h4,7-8,10H,2-3,5-6,9,14H2,1H3,(H,15,16). The first-order valence-electron chi connectivity index (χ1n) is 6.20. The summed E-state index contributed by atoms with van der Waals surface area (Å²) in [6, 6.07) is 1.93. The molecule has 3 nitrogen and oxygen atoms in total. The fourth-order valence-corrected chi connectivity index (χ4v) is 3.03. The molecule has 0 aliphatic heterocycles. The van der Waals surface area contributed by atoms with E-state index < -0.39 is 0 Å². The number of nitrogens with two attached hydrogens (primary N) is 1. The van der Waals surface area contributed by atoms with Crippen LogP contribution in [0, 0.1) is 11.3 Å². The Hall–Kier alpha value is -0.870. The van der Waals surface area contributed by atoms with Gasteiger partial charge >= 0.3 is 0 Å². The van der Waals surface area contributed by atoms with Gasteiger partial charge in [0.05, 0.1) is 11.1 Å². The van der Waals surface area contributed by atoms with Crippen molar-refractivity contribution in [3.8, 4) is 0 Å². The molecule has 1 amide bonds. The average molecular weight is 252 g/mol. The van der Waals surface area contributed by atoms with E-state index in [4.69, 9.17) is 5.73 Å². The van der Waals surface area contributed by atoms with Crippen LogP contribution in [0.15, 0.2) is 16.8 Å². The first-order valence-corrected chi connectivity index (χ1v) is 7.14. The predicted molar refractivity (Wildman–Crippen MR) is 72.1 cm³/mol. The van der Waals surface area contributed by atoms with Gasteiger partial charge in [0, 0.05) is 11.9 Å². The number of hydrogen-bond acceptors (Lipinski definition) is 3. The van der Waals surface area contributed by atoms with Crippen LogP contribution in [-0.4, -0.2) is 12.5 Å². The summed E-state index contributed by atoms with van der Waals surface area (Å²) < 4.78 is 0. The molecule has 1 aliphatic rings. The minimum atomic E-state index is -0.339. The van der Waals surface area contributed by atoms with Gasteiger partial charge in [-0.1, -0.05) is 6.92 Å². The van der Waals surface area contributed by atoms with Crippen molar-refractivity contribution in [1.82, 2.24) is 0 Å². The number of carbonyl (C=O) groups excluding carboxylic acids is 1. The van der Waals surface area contributed by atoms with E-state index in [1.165, 1.54) is 0 Å². The Labute approximate surface area is 106 Å². The molecule has 0 atom stereocenters. The molecule has 0 spiro atoms. The lowest BCUT2D eigenvalue weighted by Gasteiger charge is -2.37. The SMILES string of the molecule is CC1CCC(CN)(C(=O)Nc2ccsc2)CC1. The van der Waals surface area contributed by atoms with Crippen molar-refractivity contribution in [3.63, 3.8) is 0 Å². The van der Waals surface area contributed by atoms with Crippen molar-refractivity contribution in [2.75, 3.05) is 11.9 Å². The van der Waals surface area contributed by atoms with E-state index in [9.17, 15) is 4.79 Å². The van der Waals surface area contributed by atoms with Gasteiger partial charge in [-0.15, -0.1) is 0 Å². The van der Waals surface area contributed by atoms with Gasteiger partial charge in [0.15, 0.2) is 0 Å². The van der Waals surface area contributed by atoms with E-state index >= 15 is 0 Å². The molecule has 1 heterocycles. The van der Waals surface area contributed by atoms with Crippen LogP contribution >= 0.6 is 11.3 Å². The van der Waals surface area contributed by atoms with Crippen molar-refractivity contribution in [2.45, 2.75) is 32.6 Å². The molecule has 1 aromatic rings. The zero-order valence-electron chi connectivity index (χ0n) is 10.2. The molecular formula is C13H20N2OS. The van der Waals surface area contributed by atoms with Crippen molar-refractivity contribution < 1.29 is 4.79 Å². The smallest absolute Gasteiger partial charge is 0.231 e. The Morgan fingerprint density at radius 2 is 2.29 bits per heavy atom. The van der Waals surface area contributed by atoms with Gasteiger partial charge in [0.2, 0.25) is 5.91 Å². The largest absolute Gasteiger partial charge is 0.329 e. The van der Waals surface area contributed by atoms with E-state index in [2.05, 4.69) is 12.2 Å². The number of hydrogen-bond donors (Lipinski definition) is 2. The van der Waals surface area contributed by atoms with Gasteiger partial charge in [-0.2, -0.15) is 11.3 Å². The lowest BCUT2D eigenvalue weighted by atomic mass is 9.70. The summed E-state index contributed by atoms with van der Waals surface area (Å²) in [6.45, 7) is 2.70. The van der Waals surface area contributed by atoms with Crippen molar-refractivity contribution in [3.05, 3.63) is 16.8 Å². The molecule has 1 aromatic heterocycles. The quantitative estimate of drug-likeness (QED) is 0.869. The second-order valence-electron chi connectivity index (χ2n) is 5.13. The third-order valence-corrected chi connectivity index (χ3v) is 4.57. The van der Waals surface area contributed by atoms with Crippen LogP contribution in [0.2, 0.25) is 0 Å². The Bertz CT molecular complexity index is 367. The van der Waals surface area contributed by atoms with Gasteiger partial charge in [-0.05, 0) is 43.0 Å². The fraction of sp³-hybridized carbons (Fsp3) is 0.615. The van der Waals surface area contributed by atoms with E-state index in [1.54, 1.807) is 11.3 Å².